The largest absolute Gasteiger partial charge is 0.330 e. The molecule has 84 valence electrons. The van der Waals surface area contributed by atoms with E-state index in [9.17, 15) is 0 Å². The molecule has 0 bridgehead atoms. The predicted octanol–water partition coefficient (Wildman–Crippen LogP) is 2.01. The van der Waals surface area contributed by atoms with Crippen molar-refractivity contribution in [1.82, 2.24) is 5.32 Å². The van der Waals surface area contributed by atoms with Crippen molar-refractivity contribution in [2.45, 2.75) is 25.7 Å². The lowest BCUT2D eigenvalue weighted by atomic mass is 9.69. The standard InChI is InChI=1S/C12H20N2S/c13-9-12(5-2-6-12)10-14-7-4-11-3-1-8-15-11/h1,3,8,14H,2,4-7,9-10,13H2. The molecule has 1 aromatic heterocycles. The summed E-state index contributed by atoms with van der Waals surface area (Å²) in [7, 11) is 0. The summed E-state index contributed by atoms with van der Waals surface area (Å²) in [4.78, 5) is 1.47. The van der Waals surface area contributed by atoms with Gasteiger partial charge in [0.05, 0.1) is 0 Å². The zero-order chi connectivity index (χ0) is 10.6. The quantitative estimate of drug-likeness (QED) is 0.725. The Bertz CT molecular complexity index is 272. The molecule has 0 radical (unpaired) electrons. The van der Waals surface area contributed by atoms with E-state index >= 15 is 0 Å². The van der Waals surface area contributed by atoms with E-state index in [1.165, 1.54) is 24.1 Å². The van der Waals surface area contributed by atoms with Gasteiger partial charge in [-0.3, -0.25) is 0 Å². The van der Waals surface area contributed by atoms with Crippen LogP contribution in [0.5, 0.6) is 0 Å². The molecule has 0 aliphatic heterocycles. The van der Waals surface area contributed by atoms with E-state index in [1.807, 2.05) is 11.3 Å². The van der Waals surface area contributed by atoms with Crippen LogP contribution in [0.2, 0.25) is 0 Å². The summed E-state index contributed by atoms with van der Waals surface area (Å²) in [5.74, 6) is 0. The molecule has 0 aromatic carbocycles. The second-order valence-electron chi connectivity index (χ2n) is 4.56. The van der Waals surface area contributed by atoms with E-state index in [4.69, 9.17) is 5.73 Å². The van der Waals surface area contributed by atoms with Crippen LogP contribution in [0.4, 0.5) is 0 Å². The van der Waals surface area contributed by atoms with Gasteiger partial charge >= 0.3 is 0 Å². The molecular weight excluding hydrogens is 204 g/mol. The van der Waals surface area contributed by atoms with E-state index in [1.54, 1.807) is 0 Å². The maximum Gasteiger partial charge on any atom is 0.00578 e. The molecule has 0 amide bonds. The third kappa shape index (κ3) is 2.80. The van der Waals surface area contributed by atoms with Gasteiger partial charge in [0.25, 0.3) is 0 Å². The molecule has 1 aliphatic rings. The van der Waals surface area contributed by atoms with Gasteiger partial charge in [-0.15, -0.1) is 11.3 Å². The Morgan fingerprint density at radius 1 is 1.47 bits per heavy atom. The first-order valence-corrected chi connectivity index (χ1v) is 6.66. The van der Waals surface area contributed by atoms with Gasteiger partial charge in [0.1, 0.15) is 0 Å². The molecule has 3 N–H and O–H groups in total. The van der Waals surface area contributed by atoms with Crippen molar-refractivity contribution in [3.8, 4) is 0 Å². The molecule has 0 atom stereocenters. The van der Waals surface area contributed by atoms with Gasteiger partial charge in [0, 0.05) is 11.4 Å². The molecule has 15 heavy (non-hydrogen) atoms. The van der Waals surface area contributed by atoms with Crippen LogP contribution in [0.25, 0.3) is 0 Å². The highest BCUT2D eigenvalue weighted by Crippen LogP contribution is 2.38. The normalized spacial score (nSPS) is 18.7. The summed E-state index contributed by atoms with van der Waals surface area (Å²) in [6.07, 6.45) is 5.15. The number of nitrogens with one attached hydrogen (secondary N) is 1. The van der Waals surface area contributed by atoms with Crippen LogP contribution in [0.15, 0.2) is 17.5 Å². The fraction of sp³-hybridized carbons (Fsp3) is 0.667. The van der Waals surface area contributed by atoms with E-state index in [0.29, 0.717) is 5.41 Å². The summed E-state index contributed by atoms with van der Waals surface area (Å²) < 4.78 is 0. The lowest BCUT2D eigenvalue weighted by Gasteiger charge is -2.41. The number of thiophene rings is 1. The molecule has 2 rings (SSSR count). The molecule has 1 fully saturated rings. The maximum atomic E-state index is 5.81. The first kappa shape index (κ1) is 11.1. The summed E-state index contributed by atoms with van der Waals surface area (Å²) in [6.45, 7) is 3.04. The molecule has 1 saturated carbocycles. The van der Waals surface area contributed by atoms with E-state index in [2.05, 4.69) is 22.8 Å². The third-order valence-corrected chi connectivity index (χ3v) is 4.41. The van der Waals surface area contributed by atoms with Crippen LogP contribution < -0.4 is 11.1 Å². The highest BCUT2D eigenvalue weighted by molar-refractivity contribution is 7.09. The van der Waals surface area contributed by atoms with Crippen molar-refractivity contribution in [2.24, 2.45) is 11.1 Å². The Kier molecular flexibility index (Phi) is 3.78. The minimum Gasteiger partial charge on any atom is -0.330 e. The number of nitrogens with two attached hydrogens (primary N) is 1. The number of hydrogen-bond acceptors (Lipinski definition) is 3. The molecule has 2 nitrogen and oxygen atoms in total. The first-order chi connectivity index (χ1) is 7.35. The Hall–Kier alpha value is -0.380. The molecule has 1 heterocycles. The van der Waals surface area contributed by atoms with Gasteiger partial charge in [-0.05, 0) is 49.2 Å². The van der Waals surface area contributed by atoms with Gasteiger partial charge in [0.15, 0.2) is 0 Å². The van der Waals surface area contributed by atoms with Crippen molar-refractivity contribution in [3.63, 3.8) is 0 Å². The molecule has 0 spiro atoms. The predicted molar refractivity (Wildman–Crippen MR) is 66.2 cm³/mol. The lowest BCUT2D eigenvalue weighted by molar-refractivity contribution is 0.142. The molecule has 1 aliphatic carbocycles. The highest BCUT2D eigenvalue weighted by Gasteiger charge is 2.34. The van der Waals surface area contributed by atoms with E-state index < -0.39 is 0 Å². The fourth-order valence-electron chi connectivity index (χ4n) is 2.15. The van der Waals surface area contributed by atoms with Gasteiger partial charge in [0.2, 0.25) is 0 Å². The Morgan fingerprint density at radius 2 is 2.33 bits per heavy atom. The van der Waals surface area contributed by atoms with Crippen LogP contribution in [-0.2, 0) is 6.42 Å². The smallest absolute Gasteiger partial charge is 0.00578 e. The zero-order valence-corrected chi connectivity index (χ0v) is 9.98. The van der Waals surface area contributed by atoms with Gasteiger partial charge in [-0.25, -0.2) is 0 Å². The SMILES string of the molecule is NCC1(CNCCc2cccs2)CCC1. The lowest BCUT2D eigenvalue weighted by Crippen LogP contribution is -2.45. The highest BCUT2D eigenvalue weighted by atomic mass is 32.1. The van der Waals surface area contributed by atoms with Gasteiger partial charge in [-0.1, -0.05) is 12.5 Å². The minimum absolute atomic E-state index is 0.440. The van der Waals surface area contributed by atoms with Crippen molar-refractivity contribution in [2.75, 3.05) is 19.6 Å². The van der Waals surface area contributed by atoms with Gasteiger partial charge < -0.3 is 11.1 Å². The first-order valence-electron chi connectivity index (χ1n) is 5.78. The molecule has 1 aromatic rings. The minimum atomic E-state index is 0.440. The molecule has 3 heteroatoms. The van der Waals surface area contributed by atoms with Crippen molar-refractivity contribution >= 4 is 11.3 Å². The zero-order valence-electron chi connectivity index (χ0n) is 9.17. The molecule has 0 unspecified atom stereocenters. The topological polar surface area (TPSA) is 38.0 Å². The Balaban J connectivity index is 1.62. The van der Waals surface area contributed by atoms with Crippen LogP contribution in [0.1, 0.15) is 24.1 Å². The van der Waals surface area contributed by atoms with Gasteiger partial charge in [-0.2, -0.15) is 0 Å². The number of rotatable bonds is 6. The monoisotopic (exact) mass is 224 g/mol. The maximum absolute atomic E-state index is 5.81. The fourth-order valence-corrected chi connectivity index (χ4v) is 2.86. The van der Waals surface area contributed by atoms with Crippen molar-refractivity contribution < 1.29 is 0 Å². The van der Waals surface area contributed by atoms with Crippen LogP contribution >= 0.6 is 11.3 Å². The average Bonchev–Trinajstić information content (AvgIpc) is 2.68. The second-order valence-corrected chi connectivity index (χ2v) is 5.60. The number of hydrogen-bond donors (Lipinski definition) is 2. The Labute approximate surface area is 95.9 Å². The van der Waals surface area contributed by atoms with Crippen LogP contribution in [0.3, 0.4) is 0 Å². The average molecular weight is 224 g/mol. The third-order valence-electron chi connectivity index (χ3n) is 3.48. The summed E-state index contributed by atoms with van der Waals surface area (Å²) >= 11 is 1.84. The molecular formula is C12H20N2S. The van der Waals surface area contributed by atoms with E-state index in [0.717, 1.165) is 26.1 Å². The molecule has 0 saturated heterocycles. The summed E-state index contributed by atoms with van der Waals surface area (Å²) in [5.41, 5.74) is 6.25. The second kappa shape index (κ2) is 5.10. The summed E-state index contributed by atoms with van der Waals surface area (Å²) in [6, 6.07) is 4.32. The van der Waals surface area contributed by atoms with Crippen LogP contribution in [0, 0.1) is 5.41 Å². The van der Waals surface area contributed by atoms with Crippen LogP contribution in [-0.4, -0.2) is 19.6 Å². The van der Waals surface area contributed by atoms with Crippen molar-refractivity contribution in [3.05, 3.63) is 22.4 Å². The summed E-state index contributed by atoms with van der Waals surface area (Å²) in [5, 5.41) is 5.69. The van der Waals surface area contributed by atoms with Crippen molar-refractivity contribution in [1.29, 1.82) is 0 Å². The Morgan fingerprint density at radius 3 is 2.87 bits per heavy atom. The van der Waals surface area contributed by atoms with E-state index in [-0.39, 0.29) is 0 Å².